The van der Waals surface area contributed by atoms with Gasteiger partial charge in [0, 0.05) is 130 Å². The van der Waals surface area contributed by atoms with Gasteiger partial charge in [0.15, 0.2) is 5.96 Å². The molecule has 0 aliphatic carbocycles. The maximum atomic E-state index is 15.8. The van der Waals surface area contributed by atoms with Crippen LogP contribution in [-0.4, -0.2) is 317 Å². The summed E-state index contributed by atoms with van der Waals surface area (Å²) in [6.07, 6.45) is 3.78. The molecule has 0 spiro atoms. The van der Waals surface area contributed by atoms with Crippen molar-refractivity contribution in [1.82, 2.24) is 103 Å². The summed E-state index contributed by atoms with van der Waals surface area (Å²) >= 11 is 0.777. The highest BCUT2D eigenvalue weighted by atomic mass is 32.2. The topological polar surface area (TPSA) is 667 Å². The zero-order valence-electron chi connectivity index (χ0n) is 77.7. The quantitative estimate of drug-likeness (QED) is 0.0111. The summed E-state index contributed by atoms with van der Waals surface area (Å²) in [4.78, 5) is 270. The zero-order valence-corrected chi connectivity index (χ0v) is 78.5. The molecule has 6 heterocycles. The molecule has 45 heteroatoms. The van der Waals surface area contributed by atoms with Crippen molar-refractivity contribution in [3.05, 3.63) is 120 Å². The van der Waals surface area contributed by atoms with E-state index in [1.165, 1.54) is 40.6 Å². The van der Waals surface area contributed by atoms with E-state index in [0.29, 0.717) is 75.6 Å². The first kappa shape index (κ1) is 106. The highest BCUT2D eigenvalue weighted by Gasteiger charge is 2.47. The molecule has 3 aliphatic rings. The number of para-hydroxylation sites is 2. The zero-order chi connectivity index (χ0) is 99.3. The number of benzene rings is 3. The molecule has 1 unspecified atom stereocenters. The van der Waals surface area contributed by atoms with Crippen molar-refractivity contribution in [2.24, 2.45) is 23.1 Å². The van der Waals surface area contributed by atoms with Gasteiger partial charge >= 0.3 is 0 Å². The summed E-state index contributed by atoms with van der Waals surface area (Å²) in [5.74, 6) is -17.7. The molecule has 3 aliphatic heterocycles. The summed E-state index contributed by atoms with van der Waals surface area (Å²) in [6.45, 7) is 6.06. The van der Waals surface area contributed by atoms with Crippen LogP contribution in [0.25, 0.3) is 21.8 Å². The summed E-state index contributed by atoms with van der Waals surface area (Å²) in [5.41, 5.74) is 26.3. The van der Waals surface area contributed by atoms with Crippen molar-refractivity contribution in [3.8, 4) is 0 Å². The van der Waals surface area contributed by atoms with Crippen LogP contribution in [0, 0.1) is 11.3 Å². The summed E-state index contributed by atoms with van der Waals surface area (Å²) in [7, 11) is 3.93. The molecule has 3 aromatic heterocycles. The number of nitrogen functional groups attached to an aromatic ring is 1. The van der Waals surface area contributed by atoms with Gasteiger partial charge < -0.3 is 131 Å². The molecule has 136 heavy (non-hydrogen) atoms. The minimum atomic E-state index is -1.89. The number of amides is 17. The number of carbonyl (C=O) groups excluding carboxylic acids is 17. The van der Waals surface area contributed by atoms with Gasteiger partial charge in [0.05, 0.1) is 37.8 Å². The molecule has 0 radical (unpaired) electrons. The number of carbonyl (C=O) groups is 17. The Kier molecular flexibility index (Phi) is 39.4. The Hall–Kier alpha value is -13.7. The van der Waals surface area contributed by atoms with E-state index >= 15 is 38.4 Å². The van der Waals surface area contributed by atoms with Gasteiger partial charge in [-0.15, -0.1) is 11.8 Å². The fourth-order valence-corrected chi connectivity index (χ4v) is 17.7. The van der Waals surface area contributed by atoms with E-state index in [4.69, 9.17) is 28.3 Å². The lowest BCUT2D eigenvalue weighted by Gasteiger charge is -2.36. The second-order valence-corrected chi connectivity index (χ2v) is 36.1. The van der Waals surface area contributed by atoms with Gasteiger partial charge in [0.25, 0.3) is 0 Å². The predicted octanol–water partition coefficient (Wildman–Crippen LogP) is -3.05. The standard InChI is InChI=1S/C91H129N25O19S/c1-9-11-24-70-83(128)104-61(23-17-31-98-91(95)96)79(124)111-69(78(123)101-43-75(94)120)46-136-47-76(121)103-65(34-51-27-29-54(92)30-28-51)86(131)112(6)50(5)77(122)107-67(39-74(93)119)88(133)115-32-18-26-71(115)84(129)106-63(37-55-42-97-48-102-55)81(126)108-64(33-49(3)4)89(134)116-44-56(118)38-73(116)85(130)105-62(35-52-40-99-59-21-15-13-19-57(52)59)80(125)110-68(45-117)82(127)109-66(36-53-41-100-60-22-16-14-20-58(53)60)87(132)114(8)72(25-12-10-2)90(135)113(70)7/h13-16,19-22,27-30,40-42,48-50,56,61-73,99-100,117-118H,9-12,17-18,23-26,31-39,43-47,92H2,1-8H3,(H2,93,119)(H2,94,120)(H,97,102)(H,101,123)(H,103,121)(H,104,128)(H,105,130)(H,106,129)(H,107,122)(H,108,126)(H,109,127)(H,110,125)(H,111,124)(H4,95,96,98)/t50-,56+,61-,62-,63-,64-,65-,66-,67-,68-,69-,70-,71-,72-,73?/m0/s1. The van der Waals surface area contributed by atoms with Crippen LogP contribution in [0.1, 0.15) is 140 Å². The van der Waals surface area contributed by atoms with Crippen molar-refractivity contribution in [3.63, 3.8) is 0 Å². The monoisotopic (exact) mass is 1910 g/mol. The van der Waals surface area contributed by atoms with E-state index in [-0.39, 0.29) is 89.6 Å². The number of unbranched alkanes of at least 4 members (excludes halogenated alkanes) is 2. The Balaban J connectivity index is 1.10. The largest absolute Gasteiger partial charge is 0.399 e. The number of guanidine groups is 1. The van der Waals surface area contributed by atoms with Crippen molar-refractivity contribution >= 4 is 146 Å². The third-order valence-electron chi connectivity index (χ3n) is 24.4. The molecule has 6 aromatic rings. The van der Waals surface area contributed by atoms with E-state index < -0.39 is 241 Å². The molecular formula is C91H129N25O19S. The number of thioether (sulfide) groups is 1. The number of nitrogens with two attached hydrogens (primary N) is 4. The number of hydrogen-bond donors (Lipinski definition) is 21. The number of likely N-dealkylation sites (N-methyl/N-ethyl adjacent to an activating group) is 3. The SMILES string of the molecule is CCCC[C@H]1C(=O)N(C)[C@@H](CCCC)C(=O)N[C@@H](CCCNC(=N)N)C(=O)N[C@H](C(=O)NCC(N)=O)CSCC(=O)N[C@@H](Cc2ccc(N)cc2)C(=O)N(C)[C@@H](C)C(=O)N[C@@H](CC(N)=O)C(=O)N2CCC[C@H]2C(=O)N[C@@H](Cc2cnc[nH]2)C(=O)N[C@@H](CC(C)C)C(=O)N2C[C@H](O)CC2C(=O)N[C@@H](Cc2c[nH]c3ccccc23)C(=O)N[C@@H](CO)C(=O)N[C@@H](Cc2c[nH]c3ccccc23)C(=O)N1C. The maximum Gasteiger partial charge on any atom is 0.246 e. The number of H-pyrrole nitrogens is 3. The van der Waals surface area contributed by atoms with E-state index in [9.17, 15) is 53.4 Å². The normalized spacial score (nSPS) is 24.7. The number of imidazole rings is 1. The van der Waals surface area contributed by atoms with Crippen molar-refractivity contribution < 1.29 is 91.7 Å². The number of nitrogens with one attached hydrogen (secondary N) is 15. The smallest absolute Gasteiger partial charge is 0.246 e. The second kappa shape index (κ2) is 50.6. The molecule has 0 saturated carbocycles. The summed E-state index contributed by atoms with van der Waals surface area (Å²) in [6, 6.07) is -1.45. The number of aliphatic hydroxyl groups is 2. The van der Waals surface area contributed by atoms with Crippen LogP contribution in [0.3, 0.4) is 0 Å². The van der Waals surface area contributed by atoms with Crippen molar-refractivity contribution in [1.29, 1.82) is 5.41 Å². The maximum absolute atomic E-state index is 15.8. The summed E-state index contributed by atoms with van der Waals surface area (Å²) in [5, 5.41) is 61.0. The van der Waals surface area contributed by atoms with Crippen LogP contribution in [0.15, 0.2) is 97.7 Å². The van der Waals surface area contributed by atoms with Crippen LogP contribution in [-0.2, 0) is 107 Å². The Morgan fingerprint density at radius 1 is 0.551 bits per heavy atom. The molecule has 738 valence electrons. The number of aromatic amines is 3. The van der Waals surface area contributed by atoms with Gasteiger partial charge in [-0.3, -0.25) is 86.9 Å². The van der Waals surface area contributed by atoms with Gasteiger partial charge in [-0.05, 0) is 98.7 Å². The van der Waals surface area contributed by atoms with Crippen LogP contribution in [0.2, 0.25) is 0 Å². The average molecular weight is 1910 g/mol. The predicted molar refractivity (Wildman–Crippen MR) is 503 cm³/mol. The molecule has 17 amide bonds. The molecule has 25 N–H and O–H groups in total. The van der Waals surface area contributed by atoms with E-state index in [1.807, 2.05) is 13.8 Å². The van der Waals surface area contributed by atoms with E-state index in [1.54, 1.807) is 99.0 Å². The summed E-state index contributed by atoms with van der Waals surface area (Å²) < 4.78 is 0. The van der Waals surface area contributed by atoms with E-state index in [0.717, 1.165) is 36.3 Å². The molecule has 15 atom stereocenters. The van der Waals surface area contributed by atoms with Gasteiger partial charge in [0.1, 0.15) is 84.6 Å². The van der Waals surface area contributed by atoms with Crippen LogP contribution < -0.4 is 81.4 Å². The molecule has 3 aromatic carbocycles. The minimum absolute atomic E-state index is 0.00937. The van der Waals surface area contributed by atoms with Gasteiger partial charge in [0.2, 0.25) is 100 Å². The molecule has 44 nitrogen and oxygen atoms in total. The molecular weight excluding hydrogens is 1780 g/mol. The highest BCUT2D eigenvalue weighted by molar-refractivity contribution is 8.00. The molecule has 0 bridgehead atoms. The lowest BCUT2D eigenvalue weighted by molar-refractivity contribution is -0.149. The number of anilines is 1. The van der Waals surface area contributed by atoms with Crippen LogP contribution in [0.5, 0.6) is 0 Å². The van der Waals surface area contributed by atoms with E-state index in [2.05, 4.69) is 78.4 Å². The van der Waals surface area contributed by atoms with Gasteiger partial charge in [-0.25, -0.2) is 4.98 Å². The van der Waals surface area contributed by atoms with Gasteiger partial charge in [-0.2, -0.15) is 0 Å². The second-order valence-electron chi connectivity index (χ2n) is 35.1. The lowest BCUT2D eigenvalue weighted by Crippen LogP contribution is -2.62. The third-order valence-corrected chi connectivity index (χ3v) is 25.4. The average Bonchev–Trinajstić information content (AvgIpc) is 1.53. The molecule has 9 rings (SSSR count). The number of primary amides is 2. The number of rotatable bonds is 26. The number of aromatic nitrogens is 4. The minimum Gasteiger partial charge on any atom is -0.399 e. The van der Waals surface area contributed by atoms with Crippen molar-refractivity contribution in [2.75, 3.05) is 71.2 Å². The third kappa shape index (κ3) is 29.4. The Morgan fingerprint density at radius 2 is 1.09 bits per heavy atom. The molecule has 3 fully saturated rings. The molecule has 3 saturated heterocycles. The van der Waals surface area contributed by atoms with Crippen LogP contribution >= 0.6 is 11.8 Å². The first-order valence-corrected chi connectivity index (χ1v) is 46.8. The van der Waals surface area contributed by atoms with Gasteiger partial charge in [-0.1, -0.05) is 102 Å². The van der Waals surface area contributed by atoms with Crippen molar-refractivity contribution in [2.45, 2.75) is 234 Å². The fourth-order valence-electron chi connectivity index (χ4n) is 16.8. The first-order chi connectivity index (χ1) is 64.8. The first-order valence-electron chi connectivity index (χ1n) is 45.6. The Morgan fingerprint density at radius 3 is 1.68 bits per heavy atom. The van der Waals surface area contributed by atoms with Crippen LogP contribution in [0.4, 0.5) is 5.69 Å². The number of aliphatic hydroxyl groups excluding tert-OH is 2. The highest BCUT2D eigenvalue weighted by Crippen LogP contribution is 2.28. The number of hydrogen-bond acceptors (Lipinski definition) is 23. The number of nitrogens with zero attached hydrogens (tertiary/aromatic N) is 6. The Bertz CT molecular complexity index is 5250. The number of fused-ring (bicyclic) bond motifs is 4. The Labute approximate surface area is 790 Å². The lowest BCUT2D eigenvalue weighted by atomic mass is 10.00. The fraction of sp³-hybridized carbons (Fsp3) is 0.527.